The van der Waals surface area contributed by atoms with Gasteiger partial charge in [-0.2, -0.15) is 0 Å². The molecule has 4 heteroatoms. The maximum absolute atomic E-state index is 13.0. The molecule has 2 saturated heterocycles. The van der Waals surface area contributed by atoms with Gasteiger partial charge in [0.1, 0.15) is 0 Å². The van der Waals surface area contributed by atoms with E-state index in [4.69, 9.17) is 0 Å². The van der Waals surface area contributed by atoms with Gasteiger partial charge >= 0.3 is 0 Å². The minimum atomic E-state index is -0.371. The van der Waals surface area contributed by atoms with Crippen LogP contribution in [0.2, 0.25) is 0 Å². The monoisotopic (exact) mass is 662 g/mol. The molecule has 2 fully saturated rings. The minimum Gasteiger partial charge on any atom is -0.312 e. The van der Waals surface area contributed by atoms with Gasteiger partial charge in [0.2, 0.25) is 11.8 Å². The second-order valence-corrected chi connectivity index (χ2v) is 14.5. The van der Waals surface area contributed by atoms with E-state index in [1.165, 1.54) is 50.1 Å². The zero-order valence-corrected chi connectivity index (χ0v) is 28.6. The zero-order valence-electron chi connectivity index (χ0n) is 28.6. The summed E-state index contributed by atoms with van der Waals surface area (Å²) < 4.78 is 0. The van der Waals surface area contributed by atoms with Gasteiger partial charge in [0.15, 0.2) is 0 Å². The van der Waals surface area contributed by atoms with E-state index < -0.39 is 0 Å². The van der Waals surface area contributed by atoms with E-state index in [1.807, 2.05) is 15.9 Å². The highest BCUT2D eigenvalue weighted by molar-refractivity contribution is 5.99. The molecule has 0 unspecified atom stereocenters. The van der Waals surface area contributed by atoms with Crippen LogP contribution >= 0.6 is 0 Å². The predicted molar refractivity (Wildman–Crippen MR) is 206 cm³/mol. The Balaban J connectivity index is 1.08. The van der Waals surface area contributed by atoms with E-state index in [1.54, 1.807) is 0 Å². The molecule has 2 aliphatic heterocycles. The molecule has 0 radical (unpaired) electrons. The van der Waals surface area contributed by atoms with Gasteiger partial charge in [0.05, 0.1) is 5.41 Å². The number of anilines is 2. The highest BCUT2D eigenvalue weighted by atomic mass is 16.2. The van der Waals surface area contributed by atoms with Crippen LogP contribution in [0.5, 0.6) is 0 Å². The third kappa shape index (κ3) is 4.52. The van der Waals surface area contributed by atoms with Gasteiger partial charge in [-0.25, -0.2) is 0 Å². The summed E-state index contributed by atoms with van der Waals surface area (Å²) in [6, 6.07) is 48.9. The summed E-state index contributed by atoms with van der Waals surface area (Å²) in [5.74, 6) is 0.322. The van der Waals surface area contributed by atoms with Crippen molar-refractivity contribution in [3.63, 3.8) is 0 Å². The van der Waals surface area contributed by atoms with Crippen molar-refractivity contribution in [3.8, 4) is 44.5 Å². The third-order valence-corrected chi connectivity index (χ3v) is 11.7. The number of fused-ring (bicyclic) bond motifs is 10. The van der Waals surface area contributed by atoms with Gasteiger partial charge < -0.3 is 9.80 Å². The predicted octanol–water partition coefficient (Wildman–Crippen LogP) is 10.4. The first kappa shape index (κ1) is 30.1. The summed E-state index contributed by atoms with van der Waals surface area (Å²) in [5, 5.41) is 0. The number of hydrogen-bond acceptors (Lipinski definition) is 2. The fourth-order valence-electron chi connectivity index (χ4n) is 9.36. The molecule has 6 aromatic carbocycles. The molecule has 0 aromatic heterocycles. The Kier molecular flexibility index (Phi) is 6.89. The van der Waals surface area contributed by atoms with Gasteiger partial charge in [0, 0.05) is 37.3 Å². The lowest BCUT2D eigenvalue weighted by atomic mass is 9.70. The molecule has 10 rings (SSSR count). The SMILES string of the molecule is O=C1CCCCN1c1cc(-c2ccc(-c3ccc4c(c3)C3(c5ccccc5-c5ccccc53)c3ccccc3-4)cc2)cc(N2CCCCC2=O)c1. The van der Waals surface area contributed by atoms with E-state index in [0.717, 1.165) is 53.7 Å². The van der Waals surface area contributed by atoms with Crippen LogP contribution in [0.3, 0.4) is 0 Å². The van der Waals surface area contributed by atoms with Gasteiger partial charge in [-0.15, -0.1) is 0 Å². The molecular weight excluding hydrogens is 625 g/mol. The van der Waals surface area contributed by atoms with Crippen LogP contribution in [0, 0.1) is 0 Å². The molecule has 0 atom stereocenters. The topological polar surface area (TPSA) is 40.6 Å². The average molecular weight is 663 g/mol. The molecule has 248 valence electrons. The molecule has 2 amide bonds. The number of carbonyl (C=O) groups is 2. The maximum Gasteiger partial charge on any atom is 0.226 e. The Morgan fingerprint density at radius 2 is 0.824 bits per heavy atom. The number of hydrogen-bond donors (Lipinski definition) is 0. The first-order valence-electron chi connectivity index (χ1n) is 18.4. The lowest BCUT2D eigenvalue weighted by Gasteiger charge is -2.31. The molecule has 0 saturated carbocycles. The summed E-state index contributed by atoms with van der Waals surface area (Å²) in [6.07, 6.45) is 4.99. The van der Waals surface area contributed by atoms with Crippen molar-refractivity contribution in [3.05, 3.63) is 156 Å². The number of amides is 2. The van der Waals surface area contributed by atoms with Crippen molar-refractivity contribution in [1.82, 2.24) is 0 Å². The van der Waals surface area contributed by atoms with Crippen LogP contribution in [-0.4, -0.2) is 24.9 Å². The lowest BCUT2D eigenvalue weighted by molar-refractivity contribution is -0.120. The van der Waals surface area contributed by atoms with Crippen LogP contribution in [0.4, 0.5) is 11.4 Å². The van der Waals surface area contributed by atoms with Crippen LogP contribution < -0.4 is 9.80 Å². The summed E-state index contributed by atoms with van der Waals surface area (Å²) in [7, 11) is 0. The van der Waals surface area contributed by atoms with E-state index in [2.05, 4.69) is 127 Å². The number of nitrogens with zero attached hydrogens (tertiary/aromatic N) is 2. The standard InChI is InChI=1S/C47H38N2O2/c50-45-17-7-9-25-48(45)35-27-34(28-36(30-35)49-26-10-8-18-46(49)51)32-21-19-31(20-22-32)33-23-24-40-39-13-3-6-16-43(39)47(44(40)29-33)41-14-4-1-11-37(41)38-12-2-5-15-42(38)47/h1-6,11-16,19-24,27-30H,7-10,17-18,25-26H2. The van der Waals surface area contributed by atoms with Crippen molar-refractivity contribution in [2.75, 3.05) is 22.9 Å². The average Bonchev–Trinajstić information content (AvgIpc) is 3.65. The van der Waals surface area contributed by atoms with Crippen molar-refractivity contribution < 1.29 is 9.59 Å². The smallest absolute Gasteiger partial charge is 0.226 e. The highest BCUT2D eigenvalue weighted by Gasteiger charge is 2.51. The van der Waals surface area contributed by atoms with Gasteiger partial charge in [0.25, 0.3) is 0 Å². The molecule has 6 aromatic rings. The molecule has 2 aliphatic carbocycles. The highest BCUT2D eigenvalue weighted by Crippen LogP contribution is 2.63. The first-order valence-corrected chi connectivity index (χ1v) is 18.4. The second kappa shape index (κ2) is 11.7. The fraction of sp³-hybridized carbons (Fsp3) is 0.191. The minimum absolute atomic E-state index is 0.161. The van der Waals surface area contributed by atoms with E-state index in [9.17, 15) is 9.59 Å². The van der Waals surface area contributed by atoms with Crippen LogP contribution in [0.25, 0.3) is 44.5 Å². The summed E-state index contributed by atoms with van der Waals surface area (Å²) in [4.78, 5) is 29.9. The van der Waals surface area contributed by atoms with Crippen LogP contribution in [0.15, 0.2) is 133 Å². The van der Waals surface area contributed by atoms with Crippen LogP contribution in [-0.2, 0) is 15.0 Å². The Morgan fingerprint density at radius 1 is 0.392 bits per heavy atom. The van der Waals surface area contributed by atoms with Crippen molar-refractivity contribution in [1.29, 1.82) is 0 Å². The molecule has 1 spiro atoms. The summed E-state index contributed by atoms with van der Waals surface area (Å²) >= 11 is 0. The summed E-state index contributed by atoms with van der Waals surface area (Å²) in [5.41, 5.74) is 16.4. The number of carbonyl (C=O) groups excluding carboxylic acids is 2. The van der Waals surface area contributed by atoms with Gasteiger partial charge in [-0.3, -0.25) is 9.59 Å². The lowest BCUT2D eigenvalue weighted by Crippen LogP contribution is -2.37. The van der Waals surface area contributed by atoms with E-state index in [-0.39, 0.29) is 17.2 Å². The van der Waals surface area contributed by atoms with Gasteiger partial charge in [-0.1, -0.05) is 109 Å². The zero-order chi connectivity index (χ0) is 34.1. The Hall–Kier alpha value is -5.74. The molecule has 4 aliphatic rings. The molecule has 4 nitrogen and oxygen atoms in total. The summed E-state index contributed by atoms with van der Waals surface area (Å²) in [6.45, 7) is 1.43. The molecular formula is C47H38N2O2. The number of piperidine rings is 2. The molecule has 2 heterocycles. The second-order valence-electron chi connectivity index (χ2n) is 14.5. The van der Waals surface area contributed by atoms with Crippen molar-refractivity contribution in [2.24, 2.45) is 0 Å². The largest absolute Gasteiger partial charge is 0.312 e. The first-order chi connectivity index (χ1) is 25.1. The number of rotatable bonds is 4. The molecule has 0 bridgehead atoms. The van der Waals surface area contributed by atoms with E-state index >= 15 is 0 Å². The number of benzene rings is 6. The Labute approximate surface area is 299 Å². The van der Waals surface area contributed by atoms with E-state index in [0.29, 0.717) is 25.9 Å². The Morgan fingerprint density at radius 3 is 1.31 bits per heavy atom. The van der Waals surface area contributed by atoms with Crippen molar-refractivity contribution in [2.45, 2.75) is 43.9 Å². The molecule has 51 heavy (non-hydrogen) atoms. The third-order valence-electron chi connectivity index (χ3n) is 11.7. The Bertz CT molecular complexity index is 2280. The maximum atomic E-state index is 13.0. The van der Waals surface area contributed by atoms with Crippen LogP contribution in [0.1, 0.15) is 60.8 Å². The van der Waals surface area contributed by atoms with Gasteiger partial charge in [-0.05, 0) is 117 Å². The quantitative estimate of drug-likeness (QED) is 0.188. The van der Waals surface area contributed by atoms with Crippen molar-refractivity contribution >= 4 is 23.2 Å². The normalized spacial score (nSPS) is 16.9. The molecule has 0 N–H and O–H groups in total. The fourth-order valence-corrected chi connectivity index (χ4v) is 9.36.